The Morgan fingerprint density at radius 2 is 2.12 bits per heavy atom. The summed E-state index contributed by atoms with van der Waals surface area (Å²) in [6, 6.07) is 0.310. The Labute approximate surface area is 143 Å². The molecule has 0 saturated carbocycles. The summed E-state index contributed by atoms with van der Waals surface area (Å²) in [6.45, 7) is 3.60. The Balaban J connectivity index is 1.57. The first-order valence-electron chi connectivity index (χ1n) is 8.98. The van der Waals surface area contributed by atoms with Crippen LogP contribution in [0, 0.1) is 12.8 Å². The van der Waals surface area contributed by atoms with Gasteiger partial charge in [0.05, 0.1) is 6.20 Å². The minimum Gasteiger partial charge on any atom is -0.342 e. The molecule has 0 N–H and O–H groups in total. The summed E-state index contributed by atoms with van der Waals surface area (Å²) >= 11 is 0. The molecule has 2 saturated heterocycles. The Bertz CT molecular complexity index is 625. The number of carbonyl (C=O) groups is 2. The van der Waals surface area contributed by atoms with Crippen LogP contribution >= 0.6 is 0 Å². The topological polar surface area (TPSA) is 58.4 Å². The van der Waals surface area contributed by atoms with Crippen molar-refractivity contribution >= 4 is 11.8 Å². The molecule has 1 aromatic heterocycles. The van der Waals surface area contributed by atoms with Crippen LogP contribution in [-0.4, -0.2) is 57.6 Å². The third-order valence-electron chi connectivity index (χ3n) is 5.85. The summed E-state index contributed by atoms with van der Waals surface area (Å²) in [6.07, 6.45) is 6.71. The van der Waals surface area contributed by atoms with Crippen LogP contribution in [0.25, 0.3) is 0 Å². The fourth-order valence-corrected chi connectivity index (χ4v) is 4.11. The van der Waals surface area contributed by atoms with Crippen LogP contribution in [0.3, 0.4) is 0 Å². The number of piperidine rings is 1. The molecule has 2 fully saturated rings. The van der Waals surface area contributed by atoms with Gasteiger partial charge in [-0.05, 0) is 44.1 Å². The van der Waals surface area contributed by atoms with Gasteiger partial charge in [-0.2, -0.15) is 5.10 Å². The van der Waals surface area contributed by atoms with E-state index in [1.54, 1.807) is 0 Å². The zero-order chi connectivity index (χ0) is 17.3. The lowest BCUT2D eigenvalue weighted by atomic mass is 9.88. The van der Waals surface area contributed by atoms with Gasteiger partial charge in [-0.3, -0.25) is 14.3 Å². The zero-order valence-electron chi connectivity index (χ0n) is 15.0. The molecule has 2 atom stereocenters. The Morgan fingerprint density at radius 3 is 2.83 bits per heavy atom. The minimum absolute atomic E-state index is 0.231. The molecule has 0 aliphatic carbocycles. The number of amides is 2. The average molecular weight is 332 g/mol. The maximum atomic E-state index is 12.6. The molecule has 0 spiro atoms. The summed E-state index contributed by atoms with van der Waals surface area (Å²) in [5.41, 5.74) is 2.28. The van der Waals surface area contributed by atoms with E-state index in [2.05, 4.69) is 5.10 Å². The number of hydrogen-bond donors (Lipinski definition) is 0. The molecule has 6 nitrogen and oxygen atoms in total. The molecule has 1 aromatic rings. The Hall–Kier alpha value is -1.85. The van der Waals surface area contributed by atoms with Gasteiger partial charge in [-0.25, -0.2) is 0 Å². The lowest BCUT2D eigenvalue weighted by Crippen LogP contribution is -2.51. The summed E-state index contributed by atoms with van der Waals surface area (Å²) < 4.78 is 1.85. The second-order valence-corrected chi connectivity index (χ2v) is 7.23. The van der Waals surface area contributed by atoms with Crippen LogP contribution in [0.1, 0.15) is 43.4 Å². The van der Waals surface area contributed by atoms with Crippen LogP contribution in [0.2, 0.25) is 0 Å². The van der Waals surface area contributed by atoms with E-state index in [1.165, 1.54) is 0 Å². The van der Waals surface area contributed by atoms with E-state index in [1.807, 2.05) is 41.7 Å². The van der Waals surface area contributed by atoms with Crippen molar-refractivity contribution in [3.8, 4) is 0 Å². The van der Waals surface area contributed by atoms with Crippen molar-refractivity contribution in [2.45, 2.75) is 51.5 Å². The second kappa shape index (κ2) is 6.95. The van der Waals surface area contributed by atoms with E-state index in [0.29, 0.717) is 24.8 Å². The Morgan fingerprint density at radius 1 is 1.33 bits per heavy atom. The number of likely N-dealkylation sites (tertiary alicyclic amines) is 2. The number of rotatable bonds is 3. The first-order chi connectivity index (χ1) is 11.5. The molecule has 24 heavy (non-hydrogen) atoms. The van der Waals surface area contributed by atoms with Gasteiger partial charge in [0.25, 0.3) is 0 Å². The number of carbonyl (C=O) groups excluding carboxylic acids is 2. The summed E-state index contributed by atoms with van der Waals surface area (Å²) in [7, 11) is 3.85. The van der Waals surface area contributed by atoms with Crippen molar-refractivity contribution in [1.29, 1.82) is 0 Å². The fourth-order valence-electron chi connectivity index (χ4n) is 4.11. The number of hydrogen-bond acceptors (Lipinski definition) is 3. The van der Waals surface area contributed by atoms with Crippen molar-refractivity contribution in [1.82, 2.24) is 19.6 Å². The zero-order valence-corrected chi connectivity index (χ0v) is 15.0. The van der Waals surface area contributed by atoms with Gasteiger partial charge in [0.15, 0.2) is 0 Å². The molecule has 2 amide bonds. The summed E-state index contributed by atoms with van der Waals surface area (Å²) in [5, 5.41) is 4.24. The molecule has 6 heteroatoms. The van der Waals surface area contributed by atoms with Crippen LogP contribution in [0.15, 0.2) is 6.20 Å². The Kier molecular flexibility index (Phi) is 4.92. The molecule has 3 heterocycles. The number of fused-ring (bicyclic) bond motifs is 1. The van der Waals surface area contributed by atoms with Crippen LogP contribution in [-0.2, 0) is 23.1 Å². The molecule has 0 bridgehead atoms. The van der Waals surface area contributed by atoms with E-state index in [-0.39, 0.29) is 11.8 Å². The lowest BCUT2D eigenvalue weighted by molar-refractivity contribution is -0.136. The normalized spacial score (nSPS) is 24.7. The first kappa shape index (κ1) is 17.0. The molecule has 0 aromatic carbocycles. The van der Waals surface area contributed by atoms with E-state index in [4.69, 9.17) is 0 Å². The molecular weight excluding hydrogens is 304 g/mol. The van der Waals surface area contributed by atoms with Crippen molar-refractivity contribution in [2.24, 2.45) is 13.0 Å². The molecular formula is C18H28N4O2. The second-order valence-electron chi connectivity index (χ2n) is 7.23. The summed E-state index contributed by atoms with van der Waals surface area (Å²) in [5.74, 6) is 0.920. The van der Waals surface area contributed by atoms with Gasteiger partial charge in [-0.15, -0.1) is 0 Å². The van der Waals surface area contributed by atoms with Crippen molar-refractivity contribution in [3.05, 3.63) is 17.5 Å². The average Bonchev–Trinajstić information content (AvgIpc) is 2.82. The number of nitrogens with zero attached hydrogens (tertiary/aromatic N) is 4. The third-order valence-corrected chi connectivity index (χ3v) is 5.85. The van der Waals surface area contributed by atoms with Crippen molar-refractivity contribution in [3.63, 3.8) is 0 Å². The van der Waals surface area contributed by atoms with Gasteiger partial charge in [0.2, 0.25) is 11.8 Å². The van der Waals surface area contributed by atoms with Crippen LogP contribution < -0.4 is 0 Å². The highest BCUT2D eigenvalue weighted by molar-refractivity contribution is 5.78. The molecule has 0 unspecified atom stereocenters. The van der Waals surface area contributed by atoms with E-state index >= 15 is 0 Å². The van der Waals surface area contributed by atoms with Crippen molar-refractivity contribution < 1.29 is 9.59 Å². The fraction of sp³-hybridized carbons (Fsp3) is 0.722. The predicted octanol–water partition coefficient (Wildman–Crippen LogP) is 1.52. The molecule has 2 aliphatic rings. The van der Waals surface area contributed by atoms with Crippen LogP contribution in [0.4, 0.5) is 0 Å². The smallest absolute Gasteiger partial charge is 0.222 e. The van der Waals surface area contributed by atoms with Gasteiger partial charge >= 0.3 is 0 Å². The summed E-state index contributed by atoms with van der Waals surface area (Å²) in [4.78, 5) is 28.6. The maximum Gasteiger partial charge on any atom is 0.222 e. The quantitative estimate of drug-likeness (QED) is 0.843. The highest BCUT2D eigenvalue weighted by atomic mass is 16.2. The van der Waals surface area contributed by atoms with Gasteiger partial charge in [-0.1, -0.05) is 0 Å². The highest BCUT2D eigenvalue weighted by Crippen LogP contribution is 2.30. The van der Waals surface area contributed by atoms with Gasteiger partial charge in [0, 0.05) is 51.8 Å². The van der Waals surface area contributed by atoms with Crippen LogP contribution in [0.5, 0.6) is 0 Å². The van der Waals surface area contributed by atoms with E-state index in [0.717, 1.165) is 50.0 Å². The largest absolute Gasteiger partial charge is 0.342 e. The number of aromatic nitrogens is 2. The van der Waals surface area contributed by atoms with Gasteiger partial charge in [0.1, 0.15) is 0 Å². The maximum absolute atomic E-state index is 12.6. The predicted molar refractivity (Wildman–Crippen MR) is 91.4 cm³/mol. The van der Waals surface area contributed by atoms with Gasteiger partial charge < -0.3 is 9.80 Å². The molecule has 132 valence electrons. The highest BCUT2D eigenvalue weighted by Gasteiger charge is 2.36. The molecule has 0 radical (unpaired) electrons. The van der Waals surface area contributed by atoms with E-state index < -0.39 is 0 Å². The first-order valence-corrected chi connectivity index (χ1v) is 8.98. The molecule has 3 rings (SSSR count). The third kappa shape index (κ3) is 3.32. The minimum atomic E-state index is 0.231. The standard InChI is InChI=1S/C18H28N4O2/c1-13-14(11-19-21(13)3)7-8-18(24)22-10-9-16-15(12-22)5-4-6-17(23)20(16)2/h11,15-16H,4-10,12H2,1-3H3/t15-,16+/m0/s1. The number of aryl methyl sites for hydroxylation is 2. The van der Waals surface area contributed by atoms with E-state index in [9.17, 15) is 9.59 Å². The lowest BCUT2D eigenvalue weighted by Gasteiger charge is -2.41. The monoisotopic (exact) mass is 332 g/mol. The SMILES string of the molecule is Cc1c(CCC(=O)N2CC[C@@H]3[C@@H](CCCC(=O)N3C)C2)cnn1C. The van der Waals surface area contributed by atoms with Crippen molar-refractivity contribution in [2.75, 3.05) is 20.1 Å². The molecule has 2 aliphatic heterocycles.